The van der Waals surface area contributed by atoms with Gasteiger partial charge in [0.1, 0.15) is 0 Å². The van der Waals surface area contributed by atoms with Crippen LogP contribution in [0.15, 0.2) is 11.8 Å². The molecular formula is C15H29NO. The van der Waals surface area contributed by atoms with Crippen LogP contribution in [0.5, 0.6) is 0 Å². The Labute approximate surface area is 107 Å². The van der Waals surface area contributed by atoms with Crippen LogP contribution in [-0.2, 0) is 4.79 Å². The van der Waals surface area contributed by atoms with Gasteiger partial charge in [0.2, 0.25) is 0 Å². The van der Waals surface area contributed by atoms with Crippen LogP contribution in [0.1, 0.15) is 61.8 Å². The lowest BCUT2D eigenvalue weighted by atomic mass is 9.85. The normalized spacial score (nSPS) is 15.6. The van der Waals surface area contributed by atoms with Gasteiger partial charge >= 0.3 is 0 Å². The summed E-state index contributed by atoms with van der Waals surface area (Å²) in [6.45, 7) is 16.5. The first kappa shape index (κ1) is 16.2. The van der Waals surface area contributed by atoms with Gasteiger partial charge in [-0.05, 0) is 13.3 Å². The van der Waals surface area contributed by atoms with Crippen LogP contribution in [0, 0.1) is 10.8 Å². The molecule has 1 unspecified atom stereocenters. The van der Waals surface area contributed by atoms with Crippen LogP contribution in [0.2, 0.25) is 0 Å². The molecule has 0 bridgehead atoms. The van der Waals surface area contributed by atoms with Gasteiger partial charge in [-0.3, -0.25) is 4.79 Å². The first-order valence-corrected chi connectivity index (χ1v) is 6.51. The van der Waals surface area contributed by atoms with Crippen molar-refractivity contribution >= 4 is 5.78 Å². The van der Waals surface area contributed by atoms with Gasteiger partial charge in [-0.1, -0.05) is 48.5 Å². The minimum Gasteiger partial charge on any atom is -0.385 e. The Morgan fingerprint density at radius 3 is 1.88 bits per heavy atom. The Morgan fingerprint density at radius 1 is 1.12 bits per heavy atom. The summed E-state index contributed by atoms with van der Waals surface area (Å²) in [5.41, 5.74) is 0.699. The molecule has 1 N–H and O–H groups in total. The van der Waals surface area contributed by atoms with E-state index in [4.69, 9.17) is 0 Å². The van der Waals surface area contributed by atoms with Gasteiger partial charge in [0.15, 0.2) is 5.78 Å². The Balaban J connectivity index is 5.07. The van der Waals surface area contributed by atoms with Gasteiger partial charge in [0.25, 0.3) is 0 Å². The van der Waals surface area contributed by atoms with E-state index >= 15 is 0 Å². The highest BCUT2D eigenvalue weighted by atomic mass is 16.1. The van der Waals surface area contributed by atoms with Crippen molar-refractivity contribution in [2.45, 2.75) is 67.9 Å². The number of carbonyl (C=O) groups is 1. The van der Waals surface area contributed by atoms with Crippen molar-refractivity contribution < 1.29 is 4.79 Å². The van der Waals surface area contributed by atoms with Gasteiger partial charge < -0.3 is 5.32 Å². The summed E-state index contributed by atoms with van der Waals surface area (Å²) in [5.74, 6) is 0.179. The molecule has 0 aromatic carbocycles. The van der Waals surface area contributed by atoms with Gasteiger partial charge in [-0.15, -0.1) is 0 Å². The average Bonchev–Trinajstić information content (AvgIpc) is 2.13. The summed E-state index contributed by atoms with van der Waals surface area (Å²) in [7, 11) is 0. The van der Waals surface area contributed by atoms with Gasteiger partial charge in [0, 0.05) is 28.6 Å². The van der Waals surface area contributed by atoms with E-state index in [0.29, 0.717) is 6.04 Å². The molecule has 0 amide bonds. The fraction of sp³-hybridized carbons (Fsp3) is 0.800. The lowest BCUT2D eigenvalue weighted by Gasteiger charge is -2.28. The predicted molar refractivity (Wildman–Crippen MR) is 74.9 cm³/mol. The molecule has 0 rings (SSSR count). The highest BCUT2D eigenvalue weighted by Gasteiger charge is 2.24. The van der Waals surface area contributed by atoms with Crippen LogP contribution in [0.25, 0.3) is 0 Å². The molecule has 2 nitrogen and oxygen atoms in total. The summed E-state index contributed by atoms with van der Waals surface area (Å²) in [5, 5.41) is 3.45. The molecule has 0 radical (unpaired) electrons. The molecule has 0 heterocycles. The highest BCUT2D eigenvalue weighted by Crippen LogP contribution is 2.26. The van der Waals surface area contributed by atoms with Crippen molar-refractivity contribution in [3.8, 4) is 0 Å². The van der Waals surface area contributed by atoms with E-state index in [9.17, 15) is 4.79 Å². The third-order valence-corrected chi connectivity index (χ3v) is 2.84. The Hall–Kier alpha value is -0.790. The largest absolute Gasteiger partial charge is 0.385 e. The van der Waals surface area contributed by atoms with Crippen LogP contribution in [-0.4, -0.2) is 11.8 Å². The number of nitrogens with one attached hydrogen (secondary N) is 1. The Kier molecular flexibility index (Phi) is 5.44. The number of ketones is 1. The van der Waals surface area contributed by atoms with Crippen molar-refractivity contribution in [2.75, 3.05) is 0 Å². The van der Waals surface area contributed by atoms with Crippen molar-refractivity contribution in [1.82, 2.24) is 5.32 Å². The molecule has 0 aromatic rings. The number of rotatable bonds is 4. The van der Waals surface area contributed by atoms with E-state index < -0.39 is 0 Å². The zero-order valence-electron chi connectivity index (χ0n) is 12.8. The summed E-state index contributed by atoms with van der Waals surface area (Å²) >= 11 is 0. The molecule has 0 aliphatic carbocycles. The van der Waals surface area contributed by atoms with E-state index in [-0.39, 0.29) is 16.6 Å². The second-order valence-corrected chi connectivity index (χ2v) is 6.88. The molecule has 1 atom stereocenters. The van der Waals surface area contributed by atoms with Crippen LogP contribution in [0.4, 0.5) is 0 Å². The molecule has 100 valence electrons. The van der Waals surface area contributed by atoms with E-state index in [1.54, 1.807) is 6.08 Å². The van der Waals surface area contributed by atoms with E-state index in [0.717, 1.165) is 12.1 Å². The van der Waals surface area contributed by atoms with Gasteiger partial charge in [-0.2, -0.15) is 0 Å². The first-order chi connectivity index (χ1) is 7.48. The standard InChI is InChI=1S/C15H29NO/c1-9-11(2)16-12(14(3,4)5)10-13(17)15(6,7)8/h10-11,16H,9H2,1-8H3/b12-10-. The maximum atomic E-state index is 12.1. The molecule has 0 aliphatic heterocycles. The fourth-order valence-electron chi connectivity index (χ4n) is 1.19. The summed E-state index contributed by atoms with van der Waals surface area (Å²) in [6.07, 6.45) is 2.84. The smallest absolute Gasteiger partial charge is 0.162 e. The Morgan fingerprint density at radius 2 is 1.59 bits per heavy atom. The van der Waals surface area contributed by atoms with Crippen molar-refractivity contribution in [3.63, 3.8) is 0 Å². The number of allylic oxidation sites excluding steroid dienone is 2. The SMILES string of the molecule is CCC(C)N/C(=C\C(=O)C(C)(C)C)C(C)(C)C. The lowest BCUT2D eigenvalue weighted by Crippen LogP contribution is -2.33. The van der Waals surface area contributed by atoms with Crippen LogP contribution in [0.3, 0.4) is 0 Å². The molecular weight excluding hydrogens is 210 g/mol. The predicted octanol–water partition coefficient (Wildman–Crippen LogP) is 3.92. The molecule has 17 heavy (non-hydrogen) atoms. The van der Waals surface area contributed by atoms with Gasteiger partial charge in [0.05, 0.1) is 0 Å². The van der Waals surface area contributed by atoms with Crippen molar-refractivity contribution in [2.24, 2.45) is 10.8 Å². The molecule has 2 heteroatoms. The maximum Gasteiger partial charge on any atom is 0.162 e. The Bertz CT molecular complexity index is 289. The molecule has 0 spiro atoms. The summed E-state index contributed by atoms with van der Waals surface area (Å²) in [4.78, 5) is 12.1. The van der Waals surface area contributed by atoms with Crippen molar-refractivity contribution in [3.05, 3.63) is 11.8 Å². The minimum absolute atomic E-state index is 0.0235. The topological polar surface area (TPSA) is 29.1 Å². The fourth-order valence-corrected chi connectivity index (χ4v) is 1.19. The monoisotopic (exact) mass is 239 g/mol. The summed E-state index contributed by atoms with van der Waals surface area (Å²) in [6, 6.07) is 0.397. The van der Waals surface area contributed by atoms with Gasteiger partial charge in [-0.25, -0.2) is 0 Å². The maximum absolute atomic E-state index is 12.1. The molecule has 0 aliphatic rings. The van der Waals surface area contributed by atoms with E-state index in [1.165, 1.54) is 0 Å². The lowest BCUT2D eigenvalue weighted by molar-refractivity contribution is -0.121. The number of hydrogen-bond acceptors (Lipinski definition) is 2. The van der Waals surface area contributed by atoms with Crippen LogP contribution < -0.4 is 5.32 Å². The second kappa shape index (κ2) is 5.70. The molecule has 0 fully saturated rings. The zero-order chi connectivity index (χ0) is 13.9. The highest BCUT2D eigenvalue weighted by molar-refractivity contribution is 5.94. The second-order valence-electron chi connectivity index (χ2n) is 6.88. The molecule has 0 saturated heterocycles. The van der Waals surface area contributed by atoms with E-state index in [2.05, 4.69) is 39.9 Å². The zero-order valence-corrected chi connectivity index (χ0v) is 12.8. The van der Waals surface area contributed by atoms with Crippen LogP contribution >= 0.6 is 0 Å². The minimum atomic E-state index is -0.312. The quantitative estimate of drug-likeness (QED) is 0.753. The van der Waals surface area contributed by atoms with Crippen molar-refractivity contribution in [1.29, 1.82) is 0 Å². The third kappa shape index (κ3) is 5.90. The number of hydrogen-bond donors (Lipinski definition) is 1. The average molecular weight is 239 g/mol. The van der Waals surface area contributed by atoms with E-state index in [1.807, 2.05) is 20.8 Å². The third-order valence-electron chi connectivity index (χ3n) is 2.84. The number of carbonyl (C=O) groups excluding carboxylic acids is 1. The first-order valence-electron chi connectivity index (χ1n) is 6.51. The molecule has 0 saturated carbocycles. The summed E-state index contributed by atoms with van der Waals surface area (Å²) < 4.78 is 0. The molecule has 0 aromatic heterocycles.